The molecule has 194 valence electrons. The zero-order chi connectivity index (χ0) is 26.9. The molecule has 0 fully saturated rings. The number of aryl methyl sites for hydroxylation is 1. The molecule has 7 nitrogen and oxygen atoms in total. The van der Waals surface area contributed by atoms with Crippen LogP contribution >= 0.6 is 0 Å². The second-order valence-corrected chi connectivity index (χ2v) is 10.7. The highest BCUT2D eigenvalue weighted by Crippen LogP contribution is 2.32. The van der Waals surface area contributed by atoms with E-state index in [0.717, 1.165) is 27.6 Å². The Kier molecular flexibility index (Phi) is 6.91. The van der Waals surface area contributed by atoms with Crippen LogP contribution in [-0.4, -0.2) is 30.1 Å². The first-order chi connectivity index (χ1) is 18.2. The Balaban J connectivity index is 1.72. The minimum atomic E-state index is -0.580. The van der Waals surface area contributed by atoms with E-state index in [0.29, 0.717) is 24.5 Å². The summed E-state index contributed by atoms with van der Waals surface area (Å²) >= 11 is 0. The molecular formula is C30H31FN6O. The summed E-state index contributed by atoms with van der Waals surface area (Å²) < 4.78 is 15.5. The number of aromatic nitrogens is 5. The SMILES string of the molecule is Cc1ccc2cc(C(c3nnnn3C(C)(C)C)N(Cc3ccccc3)Cc3ccc(F)cc3)c(=O)[nH]c2c1. The normalized spacial score (nSPS) is 12.8. The van der Waals surface area contributed by atoms with Crippen molar-refractivity contribution in [1.29, 1.82) is 0 Å². The van der Waals surface area contributed by atoms with Crippen molar-refractivity contribution in [2.75, 3.05) is 0 Å². The van der Waals surface area contributed by atoms with Crippen LogP contribution in [0.3, 0.4) is 0 Å². The van der Waals surface area contributed by atoms with E-state index >= 15 is 0 Å². The number of nitrogens with zero attached hydrogens (tertiary/aromatic N) is 5. The quantitative estimate of drug-likeness (QED) is 0.312. The van der Waals surface area contributed by atoms with Gasteiger partial charge in [-0.1, -0.05) is 54.6 Å². The van der Waals surface area contributed by atoms with E-state index in [2.05, 4.69) is 37.5 Å². The van der Waals surface area contributed by atoms with Crippen molar-refractivity contribution in [2.45, 2.75) is 52.4 Å². The number of H-pyrrole nitrogens is 1. The molecule has 0 saturated heterocycles. The lowest BCUT2D eigenvalue weighted by Gasteiger charge is -2.33. The van der Waals surface area contributed by atoms with E-state index < -0.39 is 11.6 Å². The van der Waals surface area contributed by atoms with Crippen molar-refractivity contribution >= 4 is 10.9 Å². The number of fused-ring (bicyclic) bond motifs is 1. The number of hydrogen-bond donors (Lipinski definition) is 1. The molecule has 1 unspecified atom stereocenters. The van der Waals surface area contributed by atoms with Crippen molar-refractivity contribution in [3.05, 3.63) is 123 Å². The highest BCUT2D eigenvalue weighted by atomic mass is 19.1. The van der Waals surface area contributed by atoms with Gasteiger partial charge in [-0.2, -0.15) is 0 Å². The minimum Gasteiger partial charge on any atom is -0.322 e. The monoisotopic (exact) mass is 510 g/mol. The third-order valence-corrected chi connectivity index (χ3v) is 6.59. The van der Waals surface area contributed by atoms with Crippen molar-refractivity contribution < 1.29 is 4.39 Å². The Bertz CT molecular complexity index is 1600. The fourth-order valence-corrected chi connectivity index (χ4v) is 4.76. The van der Waals surface area contributed by atoms with Crippen LogP contribution in [0.4, 0.5) is 4.39 Å². The van der Waals surface area contributed by atoms with Crippen LogP contribution in [0, 0.1) is 12.7 Å². The summed E-state index contributed by atoms with van der Waals surface area (Å²) in [5.41, 5.74) is 3.74. The molecule has 5 aromatic rings. The number of nitrogens with one attached hydrogen (secondary N) is 1. The molecule has 1 N–H and O–H groups in total. The standard InChI is InChI=1S/C30H31FN6O/c1-20-10-13-23-17-25(29(38)32-26(23)16-20)27(28-33-34-35-37(28)30(2,3)4)36(18-21-8-6-5-7-9-21)19-22-11-14-24(31)15-12-22/h5-17,27H,18-19H2,1-4H3,(H,32,38). The van der Waals surface area contributed by atoms with Gasteiger partial charge in [0.05, 0.1) is 5.54 Å². The molecule has 38 heavy (non-hydrogen) atoms. The Morgan fingerprint density at radius 2 is 1.63 bits per heavy atom. The molecular weight excluding hydrogens is 479 g/mol. The maximum atomic E-state index is 13.7. The van der Waals surface area contributed by atoms with Gasteiger partial charge in [-0.15, -0.1) is 5.10 Å². The van der Waals surface area contributed by atoms with Crippen LogP contribution in [0.5, 0.6) is 0 Å². The molecule has 1 atom stereocenters. The van der Waals surface area contributed by atoms with Gasteiger partial charge in [0.2, 0.25) is 0 Å². The molecule has 0 aliphatic rings. The average Bonchev–Trinajstić information content (AvgIpc) is 3.37. The zero-order valence-electron chi connectivity index (χ0n) is 22.0. The van der Waals surface area contributed by atoms with Gasteiger partial charge in [-0.3, -0.25) is 9.69 Å². The van der Waals surface area contributed by atoms with E-state index in [4.69, 9.17) is 0 Å². The average molecular weight is 511 g/mol. The van der Waals surface area contributed by atoms with Crippen molar-refractivity contribution in [3.63, 3.8) is 0 Å². The first-order valence-corrected chi connectivity index (χ1v) is 12.6. The molecule has 8 heteroatoms. The predicted molar refractivity (Wildman–Crippen MR) is 146 cm³/mol. The van der Waals surface area contributed by atoms with E-state index in [1.54, 1.807) is 16.8 Å². The number of benzene rings is 3. The van der Waals surface area contributed by atoms with Crippen molar-refractivity contribution in [2.24, 2.45) is 0 Å². The summed E-state index contributed by atoms with van der Waals surface area (Å²) in [6.45, 7) is 9.04. The molecule has 0 aliphatic carbocycles. The third-order valence-electron chi connectivity index (χ3n) is 6.59. The van der Waals surface area contributed by atoms with Crippen LogP contribution in [0.15, 0.2) is 83.7 Å². The van der Waals surface area contributed by atoms with Crippen LogP contribution < -0.4 is 5.56 Å². The molecule has 0 amide bonds. The first-order valence-electron chi connectivity index (χ1n) is 12.6. The largest absolute Gasteiger partial charge is 0.322 e. The maximum absolute atomic E-state index is 13.7. The Morgan fingerprint density at radius 3 is 2.32 bits per heavy atom. The maximum Gasteiger partial charge on any atom is 0.253 e. The van der Waals surface area contributed by atoms with E-state index in [-0.39, 0.29) is 11.4 Å². The van der Waals surface area contributed by atoms with Crippen molar-refractivity contribution in [1.82, 2.24) is 30.1 Å². The van der Waals surface area contributed by atoms with Gasteiger partial charge in [0.15, 0.2) is 5.82 Å². The number of pyridine rings is 1. The number of hydrogen-bond acceptors (Lipinski definition) is 5. The fraction of sp³-hybridized carbons (Fsp3) is 0.267. The summed E-state index contributed by atoms with van der Waals surface area (Å²) in [6, 6.07) is 23.9. The Morgan fingerprint density at radius 1 is 0.947 bits per heavy atom. The lowest BCUT2D eigenvalue weighted by Crippen LogP contribution is -2.37. The molecule has 5 rings (SSSR count). The third kappa shape index (κ3) is 5.40. The number of aromatic amines is 1. The van der Waals surface area contributed by atoms with Gasteiger partial charge in [-0.05, 0) is 84.5 Å². The molecule has 2 aromatic heterocycles. The number of tetrazole rings is 1. The molecule has 0 spiro atoms. The topological polar surface area (TPSA) is 79.7 Å². The molecule has 0 radical (unpaired) electrons. The second kappa shape index (κ2) is 10.3. The minimum absolute atomic E-state index is 0.200. The van der Waals surface area contributed by atoms with Crippen LogP contribution in [0.1, 0.15) is 54.9 Å². The van der Waals surface area contributed by atoms with Gasteiger partial charge in [0.1, 0.15) is 11.9 Å². The summed E-state index contributed by atoms with van der Waals surface area (Å²) in [5.74, 6) is 0.269. The lowest BCUT2D eigenvalue weighted by atomic mass is 10.00. The Hall–Kier alpha value is -4.17. The smallest absolute Gasteiger partial charge is 0.253 e. The highest BCUT2D eigenvalue weighted by molar-refractivity contribution is 5.79. The van der Waals surface area contributed by atoms with E-state index in [1.165, 1.54) is 12.1 Å². The molecule has 2 heterocycles. The first kappa shape index (κ1) is 25.5. The predicted octanol–water partition coefficient (Wildman–Crippen LogP) is 5.51. The van der Waals surface area contributed by atoms with Gasteiger partial charge in [0.25, 0.3) is 5.56 Å². The van der Waals surface area contributed by atoms with Gasteiger partial charge in [0, 0.05) is 24.2 Å². The second-order valence-electron chi connectivity index (χ2n) is 10.7. The van der Waals surface area contributed by atoms with Crippen LogP contribution in [-0.2, 0) is 18.6 Å². The fourth-order valence-electron chi connectivity index (χ4n) is 4.76. The zero-order valence-corrected chi connectivity index (χ0v) is 22.0. The van der Waals surface area contributed by atoms with Gasteiger partial charge < -0.3 is 4.98 Å². The van der Waals surface area contributed by atoms with Gasteiger partial charge >= 0.3 is 0 Å². The van der Waals surface area contributed by atoms with E-state index in [1.807, 2.05) is 70.2 Å². The summed E-state index contributed by atoms with van der Waals surface area (Å²) in [4.78, 5) is 18.9. The van der Waals surface area contributed by atoms with Crippen LogP contribution in [0.2, 0.25) is 0 Å². The molecule has 0 saturated carbocycles. The molecule has 0 bridgehead atoms. The van der Waals surface area contributed by atoms with Crippen molar-refractivity contribution in [3.8, 4) is 0 Å². The highest BCUT2D eigenvalue weighted by Gasteiger charge is 2.33. The molecule has 3 aromatic carbocycles. The van der Waals surface area contributed by atoms with Gasteiger partial charge in [-0.25, -0.2) is 9.07 Å². The van der Waals surface area contributed by atoms with Crippen LogP contribution in [0.25, 0.3) is 10.9 Å². The number of halogens is 1. The number of rotatable bonds is 7. The summed E-state index contributed by atoms with van der Waals surface area (Å²) in [7, 11) is 0. The molecule has 0 aliphatic heterocycles. The Labute approximate surface area is 220 Å². The van der Waals surface area contributed by atoms with E-state index in [9.17, 15) is 9.18 Å². The lowest BCUT2D eigenvalue weighted by molar-refractivity contribution is 0.184. The summed E-state index contributed by atoms with van der Waals surface area (Å²) in [5, 5.41) is 13.7. The summed E-state index contributed by atoms with van der Waals surface area (Å²) in [6.07, 6.45) is 0.